The van der Waals surface area contributed by atoms with Crippen LogP contribution in [0.25, 0.3) is 0 Å². The smallest absolute Gasteiger partial charge is 0.265 e. The average Bonchev–Trinajstić information content (AvgIpc) is 2.56. The number of hydrogen-bond acceptors (Lipinski definition) is 7. The van der Waals surface area contributed by atoms with Gasteiger partial charge in [-0.05, 0) is 12.1 Å². The molecule has 0 spiro atoms. The van der Waals surface area contributed by atoms with E-state index in [9.17, 15) is 15.0 Å². The zero-order valence-corrected chi connectivity index (χ0v) is 13.2. The fraction of sp³-hybridized carbons (Fsp3) is 0.462. The van der Waals surface area contributed by atoms with Gasteiger partial charge < -0.3 is 24.8 Å². The minimum absolute atomic E-state index is 0.238. The lowest BCUT2D eigenvalue weighted by molar-refractivity contribution is -0.299. The molecule has 128 valence electrons. The summed E-state index contributed by atoms with van der Waals surface area (Å²) in [5.41, 5.74) is 2.28. The highest BCUT2D eigenvalue weighted by molar-refractivity contribution is 6.42. The third-order valence-electron chi connectivity index (χ3n) is 3.38. The Morgan fingerprint density at radius 2 is 2.04 bits per heavy atom. The minimum atomic E-state index is -1.53. The van der Waals surface area contributed by atoms with Gasteiger partial charge in [0.05, 0.1) is 16.7 Å². The SMILES string of the molecule is NNC(=O)[C@@H]1OC(c2ccc(Cl)c(Cl)c2)O[C@H]([C@@H](O)CO)[C@H]1O. The highest BCUT2D eigenvalue weighted by atomic mass is 35.5. The van der Waals surface area contributed by atoms with Crippen molar-refractivity contribution in [3.8, 4) is 0 Å². The average molecular weight is 367 g/mol. The van der Waals surface area contributed by atoms with Gasteiger partial charge in [0, 0.05) is 5.56 Å². The molecule has 5 atom stereocenters. The van der Waals surface area contributed by atoms with E-state index in [1.165, 1.54) is 12.1 Å². The van der Waals surface area contributed by atoms with Gasteiger partial charge >= 0.3 is 0 Å². The molecule has 23 heavy (non-hydrogen) atoms. The van der Waals surface area contributed by atoms with Gasteiger partial charge in [0.15, 0.2) is 12.4 Å². The number of carbonyl (C=O) groups is 1. The Morgan fingerprint density at radius 3 is 2.61 bits per heavy atom. The number of nitrogens with two attached hydrogens (primary N) is 1. The summed E-state index contributed by atoms with van der Waals surface area (Å²) in [5, 5.41) is 29.5. The lowest BCUT2D eigenvalue weighted by atomic mass is 10.0. The third-order valence-corrected chi connectivity index (χ3v) is 4.12. The van der Waals surface area contributed by atoms with E-state index < -0.39 is 43.2 Å². The van der Waals surface area contributed by atoms with Crippen LogP contribution in [0.1, 0.15) is 11.9 Å². The number of ether oxygens (including phenoxy) is 2. The van der Waals surface area contributed by atoms with Crippen molar-refractivity contribution in [3.05, 3.63) is 33.8 Å². The summed E-state index contributed by atoms with van der Waals surface area (Å²) in [7, 11) is 0. The Kier molecular flexibility index (Phi) is 6.18. The zero-order chi connectivity index (χ0) is 17.1. The molecule has 1 aromatic carbocycles. The molecule has 1 aliphatic rings. The van der Waals surface area contributed by atoms with Crippen LogP contribution < -0.4 is 11.3 Å². The van der Waals surface area contributed by atoms with E-state index in [0.717, 1.165) is 0 Å². The largest absolute Gasteiger partial charge is 0.394 e. The molecule has 0 aliphatic carbocycles. The first-order valence-corrected chi connectivity index (χ1v) is 7.38. The zero-order valence-electron chi connectivity index (χ0n) is 11.7. The molecular formula is C13H16Cl2N2O6. The molecule has 1 saturated heterocycles. The van der Waals surface area contributed by atoms with Crippen molar-refractivity contribution in [2.75, 3.05) is 6.61 Å². The van der Waals surface area contributed by atoms with E-state index in [2.05, 4.69) is 0 Å². The molecule has 10 heteroatoms. The van der Waals surface area contributed by atoms with Crippen molar-refractivity contribution >= 4 is 29.1 Å². The van der Waals surface area contributed by atoms with Gasteiger partial charge in [-0.3, -0.25) is 10.2 Å². The second-order valence-corrected chi connectivity index (χ2v) is 5.73. The summed E-state index contributed by atoms with van der Waals surface area (Å²) < 4.78 is 10.9. The second kappa shape index (κ2) is 7.73. The molecule has 6 N–H and O–H groups in total. The van der Waals surface area contributed by atoms with Crippen molar-refractivity contribution in [2.45, 2.75) is 30.7 Å². The number of aliphatic hydroxyl groups is 3. The van der Waals surface area contributed by atoms with Crippen molar-refractivity contribution < 1.29 is 29.6 Å². The lowest BCUT2D eigenvalue weighted by Gasteiger charge is -2.40. The van der Waals surface area contributed by atoms with Crippen LogP contribution in [0.5, 0.6) is 0 Å². The summed E-state index contributed by atoms with van der Waals surface area (Å²) in [6, 6.07) is 4.52. The lowest BCUT2D eigenvalue weighted by Crippen LogP contribution is -2.58. The third kappa shape index (κ3) is 3.93. The molecule has 1 fully saturated rings. The summed E-state index contributed by atoms with van der Waals surface area (Å²) >= 11 is 11.8. The Balaban J connectivity index is 2.32. The number of rotatable bonds is 4. The first-order valence-electron chi connectivity index (χ1n) is 6.62. The fourth-order valence-corrected chi connectivity index (χ4v) is 2.49. The summed E-state index contributed by atoms with van der Waals surface area (Å²) in [6.45, 7) is -0.674. The Bertz CT molecular complexity index is 575. The van der Waals surface area contributed by atoms with Gasteiger partial charge in [0.1, 0.15) is 18.3 Å². The maximum absolute atomic E-state index is 11.8. The topological polar surface area (TPSA) is 134 Å². The Morgan fingerprint density at radius 1 is 1.35 bits per heavy atom. The summed E-state index contributed by atoms with van der Waals surface area (Å²) in [5.74, 6) is 4.26. The van der Waals surface area contributed by atoms with Gasteiger partial charge in [0.2, 0.25) is 0 Å². The maximum Gasteiger partial charge on any atom is 0.265 e. The summed E-state index contributed by atoms with van der Waals surface area (Å²) in [4.78, 5) is 11.8. The number of hydrogen-bond donors (Lipinski definition) is 5. The molecule has 1 amide bonds. The first kappa shape index (κ1) is 18.4. The number of nitrogens with one attached hydrogen (secondary N) is 1. The van der Waals surface area contributed by atoms with E-state index in [-0.39, 0.29) is 5.02 Å². The number of aliphatic hydroxyl groups excluding tert-OH is 3. The molecule has 1 aromatic rings. The molecule has 0 aromatic heterocycles. The monoisotopic (exact) mass is 366 g/mol. The van der Waals surface area contributed by atoms with Crippen LogP contribution in [0.4, 0.5) is 0 Å². The molecule has 1 aliphatic heterocycles. The molecule has 0 radical (unpaired) electrons. The standard InChI is InChI=1S/C13H16Cl2N2O6/c14-6-2-1-5(3-7(6)15)13-22-10(8(19)4-18)9(20)11(23-13)12(21)17-16/h1-3,8-11,13,18-20H,4,16H2,(H,17,21)/t8-,9+,10+,11+,13?/m0/s1. The van der Waals surface area contributed by atoms with Crippen LogP contribution in [0.2, 0.25) is 10.0 Å². The van der Waals surface area contributed by atoms with E-state index in [1.807, 2.05) is 5.43 Å². The number of amides is 1. The van der Waals surface area contributed by atoms with Crippen LogP contribution in [0, 0.1) is 0 Å². The fourth-order valence-electron chi connectivity index (χ4n) is 2.18. The number of hydrazine groups is 1. The van der Waals surface area contributed by atoms with E-state index in [1.54, 1.807) is 6.07 Å². The van der Waals surface area contributed by atoms with Gasteiger partial charge in [-0.25, -0.2) is 5.84 Å². The number of benzene rings is 1. The van der Waals surface area contributed by atoms with Crippen molar-refractivity contribution in [1.82, 2.24) is 5.43 Å². The minimum Gasteiger partial charge on any atom is -0.394 e. The van der Waals surface area contributed by atoms with Gasteiger partial charge in [-0.2, -0.15) is 0 Å². The predicted molar refractivity (Wildman–Crippen MR) is 80.4 cm³/mol. The molecule has 8 nitrogen and oxygen atoms in total. The molecule has 2 rings (SSSR count). The highest BCUT2D eigenvalue weighted by Crippen LogP contribution is 2.34. The molecule has 0 bridgehead atoms. The van der Waals surface area contributed by atoms with Crippen LogP contribution >= 0.6 is 23.2 Å². The van der Waals surface area contributed by atoms with Gasteiger partial charge in [-0.1, -0.05) is 29.3 Å². The predicted octanol–water partition coefficient (Wildman–Crippen LogP) is -0.520. The second-order valence-electron chi connectivity index (χ2n) is 4.91. The van der Waals surface area contributed by atoms with Crippen molar-refractivity contribution in [1.29, 1.82) is 0 Å². The summed E-state index contributed by atoms with van der Waals surface area (Å²) in [6.07, 6.45) is -6.75. The van der Waals surface area contributed by atoms with Crippen LogP contribution in [0.15, 0.2) is 18.2 Å². The van der Waals surface area contributed by atoms with Gasteiger partial charge in [0.25, 0.3) is 5.91 Å². The van der Waals surface area contributed by atoms with Crippen LogP contribution in [0.3, 0.4) is 0 Å². The Labute approximate surface area is 141 Å². The van der Waals surface area contributed by atoms with Crippen LogP contribution in [-0.4, -0.2) is 52.2 Å². The Hall–Kier alpha value is -0.970. The van der Waals surface area contributed by atoms with Crippen molar-refractivity contribution in [3.63, 3.8) is 0 Å². The van der Waals surface area contributed by atoms with E-state index in [0.29, 0.717) is 10.6 Å². The van der Waals surface area contributed by atoms with E-state index in [4.69, 9.17) is 43.6 Å². The normalized spacial score (nSPS) is 29.1. The molecule has 0 saturated carbocycles. The van der Waals surface area contributed by atoms with Crippen LogP contribution in [-0.2, 0) is 14.3 Å². The van der Waals surface area contributed by atoms with E-state index >= 15 is 0 Å². The highest BCUT2D eigenvalue weighted by Gasteiger charge is 2.45. The molecule has 1 heterocycles. The first-order chi connectivity index (χ1) is 10.9. The molecule has 1 unspecified atom stereocenters. The maximum atomic E-state index is 11.8. The molecular weight excluding hydrogens is 351 g/mol. The quantitative estimate of drug-likeness (QED) is 0.275. The number of halogens is 2. The van der Waals surface area contributed by atoms with Crippen molar-refractivity contribution in [2.24, 2.45) is 5.84 Å². The number of carbonyl (C=O) groups excluding carboxylic acids is 1. The van der Waals surface area contributed by atoms with Gasteiger partial charge in [-0.15, -0.1) is 0 Å².